The zero-order chi connectivity index (χ0) is 37.4. The zero-order valence-electron chi connectivity index (χ0n) is 31.4. The van der Waals surface area contributed by atoms with E-state index in [4.69, 9.17) is 4.98 Å². The van der Waals surface area contributed by atoms with Crippen LogP contribution in [0.3, 0.4) is 0 Å². The molecule has 10 aromatic rings. The first-order valence-corrected chi connectivity index (χ1v) is 19.5. The van der Waals surface area contributed by atoms with Crippen molar-refractivity contribution >= 4 is 32.6 Å². The number of hydrogen-bond donors (Lipinski definition) is 0. The molecule has 0 saturated carbocycles. The van der Waals surface area contributed by atoms with Gasteiger partial charge in [-0.15, -0.1) is 0 Å². The first-order chi connectivity index (χ1) is 27.5. The highest BCUT2D eigenvalue weighted by molar-refractivity contribution is 6.27. The summed E-state index contributed by atoms with van der Waals surface area (Å²) in [7, 11) is 0. The molecule has 8 aromatic carbocycles. The maximum atomic E-state index is 5.10. The van der Waals surface area contributed by atoms with Gasteiger partial charge < -0.3 is 4.57 Å². The Morgan fingerprint density at radius 1 is 0.429 bits per heavy atom. The average Bonchev–Trinajstić information content (AvgIpc) is 3.73. The molecule has 0 bridgehead atoms. The number of nitrogens with zero attached hydrogens (tertiary/aromatic N) is 2. The molecule has 2 aromatic heterocycles. The van der Waals surface area contributed by atoms with Gasteiger partial charge in [0, 0.05) is 33.0 Å². The number of rotatable bonds is 5. The number of hydrogen-bond acceptors (Lipinski definition) is 1. The lowest BCUT2D eigenvalue weighted by molar-refractivity contribution is 0.664. The quantitative estimate of drug-likeness (QED) is 0.174. The van der Waals surface area contributed by atoms with Gasteiger partial charge >= 0.3 is 0 Å². The van der Waals surface area contributed by atoms with Crippen molar-refractivity contribution in [1.82, 2.24) is 9.55 Å². The first kappa shape index (κ1) is 32.4. The summed E-state index contributed by atoms with van der Waals surface area (Å²) in [5.41, 5.74) is 17.9. The van der Waals surface area contributed by atoms with Gasteiger partial charge in [-0.3, -0.25) is 0 Å². The van der Waals surface area contributed by atoms with Gasteiger partial charge in [-0.1, -0.05) is 172 Å². The molecule has 0 atom stereocenters. The zero-order valence-corrected chi connectivity index (χ0v) is 31.4. The van der Waals surface area contributed by atoms with Crippen molar-refractivity contribution in [1.29, 1.82) is 0 Å². The van der Waals surface area contributed by atoms with Crippen molar-refractivity contribution in [2.45, 2.75) is 19.3 Å². The van der Waals surface area contributed by atoms with E-state index in [1.807, 2.05) is 0 Å². The van der Waals surface area contributed by atoms with E-state index in [1.54, 1.807) is 0 Å². The Kier molecular flexibility index (Phi) is 7.24. The molecule has 11 rings (SSSR count). The molecule has 2 heteroatoms. The second-order valence-corrected chi connectivity index (χ2v) is 15.5. The van der Waals surface area contributed by atoms with Crippen LogP contribution in [0.1, 0.15) is 25.0 Å². The van der Waals surface area contributed by atoms with Crippen molar-refractivity contribution in [2.24, 2.45) is 0 Å². The molecule has 0 saturated heterocycles. The Labute approximate surface area is 327 Å². The van der Waals surface area contributed by atoms with Gasteiger partial charge in [0.15, 0.2) is 0 Å². The number of para-hydroxylation sites is 1. The molecule has 0 N–H and O–H groups in total. The largest absolute Gasteiger partial charge is 0.309 e. The molecule has 0 spiro atoms. The van der Waals surface area contributed by atoms with Crippen LogP contribution in [-0.2, 0) is 5.41 Å². The van der Waals surface area contributed by atoms with Crippen LogP contribution < -0.4 is 0 Å². The van der Waals surface area contributed by atoms with E-state index in [1.165, 1.54) is 71.6 Å². The molecule has 1 aliphatic rings. The summed E-state index contributed by atoms with van der Waals surface area (Å²) in [4.78, 5) is 5.10. The summed E-state index contributed by atoms with van der Waals surface area (Å²) in [5.74, 6) is 0. The highest BCUT2D eigenvalue weighted by Gasteiger charge is 2.40. The highest BCUT2D eigenvalue weighted by Crippen LogP contribution is 2.56. The van der Waals surface area contributed by atoms with E-state index < -0.39 is 0 Å². The molecule has 2 heterocycles. The van der Waals surface area contributed by atoms with Gasteiger partial charge in [0.2, 0.25) is 0 Å². The second kappa shape index (κ2) is 12.5. The van der Waals surface area contributed by atoms with Crippen LogP contribution in [0.15, 0.2) is 194 Å². The molecule has 0 unspecified atom stereocenters. The minimum Gasteiger partial charge on any atom is -0.309 e. The fourth-order valence-corrected chi connectivity index (χ4v) is 9.33. The molecular formula is C54H38N2. The molecule has 1 aliphatic carbocycles. The lowest BCUT2D eigenvalue weighted by atomic mass is 9.80. The maximum absolute atomic E-state index is 5.10. The van der Waals surface area contributed by atoms with Crippen LogP contribution in [0.25, 0.3) is 94.2 Å². The third-order valence-corrected chi connectivity index (χ3v) is 11.9. The number of aromatic nitrogens is 2. The first-order valence-electron chi connectivity index (χ1n) is 19.5. The van der Waals surface area contributed by atoms with Gasteiger partial charge in [0.25, 0.3) is 0 Å². The molecule has 0 aliphatic heterocycles. The van der Waals surface area contributed by atoms with Crippen LogP contribution >= 0.6 is 0 Å². The number of pyridine rings is 1. The SMILES string of the molecule is CC1(C)c2ccccc2-c2c1c1c(c3ccccc23)c2cc(-c3ccc(-c4cc(-c5ccccc5)nc(-c5ccccc5)c4)cc3)ccc2n1-c1ccccc1. The maximum Gasteiger partial charge on any atom is 0.0715 e. The van der Waals surface area contributed by atoms with Crippen molar-refractivity contribution in [2.75, 3.05) is 0 Å². The Bertz CT molecular complexity index is 3060. The Hall–Kier alpha value is -7.03. The summed E-state index contributed by atoms with van der Waals surface area (Å²) >= 11 is 0. The molecule has 56 heavy (non-hydrogen) atoms. The summed E-state index contributed by atoms with van der Waals surface area (Å²) in [6, 6.07) is 70.4. The summed E-state index contributed by atoms with van der Waals surface area (Å²) in [6.45, 7) is 4.81. The van der Waals surface area contributed by atoms with Crippen LogP contribution in [0.2, 0.25) is 0 Å². The van der Waals surface area contributed by atoms with Crippen LogP contribution in [0, 0.1) is 0 Å². The summed E-state index contributed by atoms with van der Waals surface area (Å²) < 4.78 is 2.52. The van der Waals surface area contributed by atoms with E-state index in [0.29, 0.717) is 0 Å². The predicted molar refractivity (Wildman–Crippen MR) is 235 cm³/mol. The smallest absolute Gasteiger partial charge is 0.0715 e. The van der Waals surface area contributed by atoms with Gasteiger partial charge in [-0.25, -0.2) is 4.98 Å². The van der Waals surface area contributed by atoms with E-state index in [-0.39, 0.29) is 5.41 Å². The third-order valence-electron chi connectivity index (χ3n) is 11.9. The predicted octanol–water partition coefficient (Wildman–Crippen LogP) is 14.3. The molecule has 2 nitrogen and oxygen atoms in total. The van der Waals surface area contributed by atoms with E-state index >= 15 is 0 Å². The van der Waals surface area contributed by atoms with Crippen LogP contribution in [-0.4, -0.2) is 9.55 Å². The minimum atomic E-state index is -0.179. The Morgan fingerprint density at radius 2 is 0.964 bits per heavy atom. The third kappa shape index (κ3) is 4.92. The highest BCUT2D eigenvalue weighted by atomic mass is 15.0. The van der Waals surface area contributed by atoms with Gasteiger partial charge in [0.1, 0.15) is 0 Å². The van der Waals surface area contributed by atoms with Crippen molar-refractivity contribution in [3.8, 4) is 61.6 Å². The molecule has 0 fully saturated rings. The van der Waals surface area contributed by atoms with Crippen LogP contribution in [0.5, 0.6) is 0 Å². The van der Waals surface area contributed by atoms with E-state index in [2.05, 4.69) is 213 Å². The van der Waals surface area contributed by atoms with Crippen molar-refractivity contribution in [3.05, 3.63) is 205 Å². The standard InChI is InChI=1S/C54H38N2/c1-54(2)46-25-15-14-24-44(46)50-42-22-12-13-23-43(42)51-45-32-39(30-31-49(45)56(53(51)52(50)54)41-20-10-5-11-21-41)35-26-28-36(29-27-35)40-33-47(37-16-6-3-7-17-37)55-48(34-40)38-18-8-4-9-19-38/h3-34H,1-2H3. The second-order valence-electron chi connectivity index (χ2n) is 15.5. The number of fused-ring (bicyclic) bond motifs is 10. The lowest BCUT2D eigenvalue weighted by Gasteiger charge is -2.24. The van der Waals surface area contributed by atoms with Gasteiger partial charge in [-0.05, 0) is 91.7 Å². The number of benzene rings is 8. The summed E-state index contributed by atoms with van der Waals surface area (Å²) in [5, 5.41) is 5.19. The molecule has 0 amide bonds. The molecule has 264 valence electrons. The minimum absolute atomic E-state index is 0.179. The fourth-order valence-electron chi connectivity index (χ4n) is 9.33. The van der Waals surface area contributed by atoms with Crippen molar-refractivity contribution in [3.63, 3.8) is 0 Å². The topological polar surface area (TPSA) is 17.8 Å². The fraction of sp³-hybridized carbons (Fsp3) is 0.0556. The lowest BCUT2D eigenvalue weighted by Crippen LogP contribution is -2.16. The average molecular weight is 715 g/mol. The Balaban J connectivity index is 1.11. The monoisotopic (exact) mass is 714 g/mol. The molecule has 0 radical (unpaired) electrons. The van der Waals surface area contributed by atoms with Crippen LogP contribution in [0.4, 0.5) is 0 Å². The van der Waals surface area contributed by atoms with Gasteiger partial charge in [-0.2, -0.15) is 0 Å². The van der Waals surface area contributed by atoms with Crippen molar-refractivity contribution < 1.29 is 0 Å². The molecular weight excluding hydrogens is 677 g/mol. The summed E-state index contributed by atoms with van der Waals surface area (Å²) in [6.07, 6.45) is 0. The normalized spacial score (nSPS) is 13.0. The van der Waals surface area contributed by atoms with Gasteiger partial charge in [0.05, 0.1) is 22.4 Å². The Morgan fingerprint density at radius 3 is 1.62 bits per heavy atom. The van der Waals surface area contributed by atoms with E-state index in [9.17, 15) is 0 Å². The van der Waals surface area contributed by atoms with E-state index in [0.717, 1.165) is 33.6 Å².